The molecule has 1 saturated heterocycles. The number of fused-ring (bicyclic) bond motifs is 1. The van der Waals surface area contributed by atoms with E-state index in [0.717, 1.165) is 4.90 Å². The van der Waals surface area contributed by atoms with Crippen LogP contribution in [-0.2, 0) is 30.4 Å². The Hall–Kier alpha value is -3.16. The number of rotatable bonds is 5. The summed E-state index contributed by atoms with van der Waals surface area (Å²) in [6.07, 6.45) is 2.49. The maximum Gasteiger partial charge on any atom is 0.340 e. The molecular weight excluding hydrogens is 340 g/mol. The fourth-order valence-electron chi connectivity index (χ4n) is 2.97. The van der Waals surface area contributed by atoms with E-state index in [0.29, 0.717) is 35.9 Å². The van der Waals surface area contributed by atoms with Gasteiger partial charge in [-0.25, -0.2) is 4.79 Å². The van der Waals surface area contributed by atoms with Gasteiger partial charge >= 0.3 is 11.9 Å². The first-order valence-corrected chi connectivity index (χ1v) is 8.16. The second-order valence-electron chi connectivity index (χ2n) is 5.88. The summed E-state index contributed by atoms with van der Waals surface area (Å²) < 4.78 is 11.3. The van der Waals surface area contributed by atoms with Crippen molar-refractivity contribution in [1.29, 1.82) is 0 Å². The molecule has 136 valence electrons. The third-order valence-corrected chi connectivity index (χ3v) is 4.22. The summed E-state index contributed by atoms with van der Waals surface area (Å²) in [4.78, 5) is 48.5. The van der Waals surface area contributed by atoms with Crippen molar-refractivity contribution in [2.45, 2.75) is 19.4 Å². The summed E-state index contributed by atoms with van der Waals surface area (Å²) in [5.74, 6) is -1.91. The number of amides is 2. The Morgan fingerprint density at radius 1 is 1.19 bits per heavy atom. The second kappa shape index (κ2) is 7.38. The summed E-state index contributed by atoms with van der Waals surface area (Å²) in [5.41, 5.74) is 1.01. The Morgan fingerprint density at radius 2 is 1.96 bits per heavy atom. The van der Waals surface area contributed by atoms with Crippen LogP contribution in [0.5, 0.6) is 0 Å². The quantitative estimate of drug-likeness (QED) is 0.744. The van der Waals surface area contributed by atoms with Gasteiger partial charge in [0.1, 0.15) is 6.54 Å². The zero-order valence-corrected chi connectivity index (χ0v) is 14.3. The molecule has 1 aliphatic rings. The van der Waals surface area contributed by atoms with Crippen LogP contribution in [0.3, 0.4) is 0 Å². The molecule has 1 aliphatic heterocycles. The zero-order chi connectivity index (χ0) is 18.7. The lowest BCUT2D eigenvalue weighted by Gasteiger charge is -2.13. The Bertz CT molecular complexity index is 885. The van der Waals surface area contributed by atoms with Gasteiger partial charge in [-0.3, -0.25) is 19.3 Å². The number of hydrogen-bond donors (Lipinski definition) is 0. The van der Waals surface area contributed by atoms with E-state index in [4.69, 9.17) is 9.47 Å². The SMILES string of the molecule is COC(=O)c1cn(CC(=O)OCC(=O)N2CCCC2=O)c2ccccc12. The third kappa shape index (κ3) is 3.44. The topological polar surface area (TPSA) is 94.9 Å². The minimum absolute atomic E-state index is 0.168. The van der Waals surface area contributed by atoms with Crippen LogP contribution in [-0.4, -0.2) is 53.5 Å². The largest absolute Gasteiger partial charge is 0.465 e. The highest BCUT2D eigenvalue weighted by Gasteiger charge is 2.27. The number of methoxy groups -OCH3 is 1. The van der Waals surface area contributed by atoms with Gasteiger partial charge in [0.05, 0.1) is 12.7 Å². The van der Waals surface area contributed by atoms with E-state index in [-0.39, 0.29) is 12.5 Å². The number of carbonyl (C=O) groups is 4. The molecule has 1 fully saturated rings. The van der Waals surface area contributed by atoms with Gasteiger partial charge in [-0.15, -0.1) is 0 Å². The molecule has 0 atom stereocenters. The second-order valence-corrected chi connectivity index (χ2v) is 5.88. The van der Waals surface area contributed by atoms with E-state index in [2.05, 4.69) is 0 Å². The fraction of sp³-hybridized carbons (Fsp3) is 0.333. The van der Waals surface area contributed by atoms with Crippen LogP contribution >= 0.6 is 0 Å². The third-order valence-electron chi connectivity index (χ3n) is 4.22. The number of hydrogen-bond acceptors (Lipinski definition) is 6. The summed E-state index contributed by atoms with van der Waals surface area (Å²) in [5, 5.41) is 0.658. The lowest BCUT2D eigenvalue weighted by molar-refractivity contribution is -0.155. The van der Waals surface area contributed by atoms with E-state index in [1.807, 2.05) is 0 Å². The minimum Gasteiger partial charge on any atom is -0.465 e. The molecule has 0 radical (unpaired) electrons. The first kappa shape index (κ1) is 17.7. The van der Waals surface area contributed by atoms with Crippen LogP contribution in [0, 0.1) is 0 Å². The molecule has 26 heavy (non-hydrogen) atoms. The molecule has 1 aromatic carbocycles. The molecular formula is C18H18N2O6. The highest BCUT2D eigenvalue weighted by molar-refractivity contribution is 6.04. The van der Waals surface area contributed by atoms with Gasteiger partial charge in [0.15, 0.2) is 6.61 Å². The Kier molecular flexibility index (Phi) is 5.01. The number of nitrogens with zero attached hydrogens (tertiary/aromatic N) is 2. The van der Waals surface area contributed by atoms with Crippen molar-refractivity contribution in [3.8, 4) is 0 Å². The highest BCUT2D eigenvalue weighted by Crippen LogP contribution is 2.22. The molecule has 2 heterocycles. The lowest BCUT2D eigenvalue weighted by Crippen LogP contribution is -2.35. The number of aromatic nitrogens is 1. The zero-order valence-electron chi connectivity index (χ0n) is 14.3. The molecule has 0 aliphatic carbocycles. The van der Waals surface area contributed by atoms with E-state index < -0.39 is 24.5 Å². The van der Waals surface area contributed by atoms with Gasteiger partial charge in [-0.1, -0.05) is 18.2 Å². The number of ether oxygens (including phenoxy) is 2. The molecule has 0 bridgehead atoms. The highest BCUT2D eigenvalue weighted by atomic mass is 16.5. The molecule has 1 aromatic heterocycles. The molecule has 0 N–H and O–H groups in total. The maximum absolute atomic E-state index is 12.1. The molecule has 8 nitrogen and oxygen atoms in total. The molecule has 3 rings (SSSR count). The first-order valence-electron chi connectivity index (χ1n) is 8.16. The van der Waals surface area contributed by atoms with Crippen molar-refractivity contribution in [3.05, 3.63) is 36.0 Å². The molecule has 0 unspecified atom stereocenters. The standard InChI is InChI=1S/C18H18N2O6/c1-25-18(24)13-9-19(14-6-3-2-5-12(13)14)10-17(23)26-11-16(22)20-8-4-7-15(20)21/h2-3,5-6,9H,4,7-8,10-11H2,1H3. The molecule has 0 spiro atoms. The average molecular weight is 358 g/mol. The van der Waals surface area contributed by atoms with Gasteiger partial charge < -0.3 is 14.0 Å². The predicted octanol–water partition coefficient (Wildman–Crippen LogP) is 1.12. The van der Waals surface area contributed by atoms with Gasteiger partial charge in [0.2, 0.25) is 5.91 Å². The monoisotopic (exact) mass is 358 g/mol. The van der Waals surface area contributed by atoms with Crippen LogP contribution in [0.15, 0.2) is 30.5 Å². The number of esters is 2. The Morgan fingerprint density at radius 3 is 2.65 bits per heavy atom. The van der Waals surface area contributed by atoms with E-state index in [1.54, 1.807) is 28.8 Å². The van der Waals surface area contributed by atoms with Gasteiger partial charge in [-0.05, 0) is 12.5 Å². The number of imide groups is 1. The van der Waals surface area contributed by atoms with Crippen LogP contribution in [0.1, 0.15) is 23.2 Å². The summed E-state index contributed by atoms with van der Waals surface area (Å²) >= 11 is 0. The van der Waals surface area contributed by atoms with E-state index in [1.165, 1.54) is 13.3 Å². The maximum atomic E-state index is 12.1. The normalized spacial score (nSPS) is 13.9. The summed E-state index contributed by atoms with van der Waals surface area (Å²) in [6, 6.07) is 7.09. The van der Waals surface area contributed by atoms with Gasteiger partial charge in [0.25, 0.3) is 5.91 Å². The van der Waals surface area contributed by atoms with Crippen LogP contribution in [0.4, 0.5) is 0 Å². The molecule has 0 saturated carbocycles. The summed E-state index contributed by atoms with van der Waals surface area (Å²) in [6.45, 7) is -0.285. The summed E-state index contributed by atoms with van der Waals surface area (Å²) in [7, 11) is 1.29. The Balaban J connectivity index is 1.68. The smallest absolute Gasteiger partial charge is 0.340 e. The molecule has 8 heteroatoms. The fourth-order valence-corrected chi connectivity index (χ4v) is 2.97. The van der Waals surface area contributed by atoms with Gasteiger partial charge in [-0.2, -0.15) is 0 Å². The molecule has 2 amide bonds. The molecule has 2 aromatic rings. The van der Waals surface area contributed by atoms with Crippen molar-refractivity contribution >= 4 is 34.7 Å². The predicted molar refractivity (Wildman–Crippen MR) is 90.2 cm³/mol. The van der Waals surface area contributed by atoms with Crippen LogP contribution < -0.4 is 0 Å². The first-order chi connectivity index (χ1) is 12.5. The van der Waals surface area contributed by atoms with Crippen molar-refractivity contribution < 1.29 is 28.7 Å². The van der Waals surface area contributed by atoms with Crippen molar-refractivity contribution in [3.63, 3.8) is 0 Å². The van der Waals surface area contributed by atoms with Crippen molar-refractivity contribution in [1.82, 2.24) is 9.47 Å². The van der Waals surface area contributed by atoms with Crippen molar-refractivity contribution in [2.24, 2.45) is 0 Å². The lowest BCUT2D eigenvalue weighted by atomic mass is 10.2. The van der Waals surface area contributed by atoms with E-state index >= 15 is 0 Å². The number of likely N-dealkylation sites (tertiary alicyclic amines) is 1. The number of benzene rings is 1. The van der Waals surface area contributed by atoms with E-state index in [9.17, 15) is 19.2 Å². The minimum atomic E-state index is -0.637. The average Bonchev–Trinajstić information content (AvgIpc) is 3.23. The van der Waals surface area contributed by atoms with Crippen molar-refractivity contribution in [2.75, 3.05) is 20.3 Å². The van der Waals surface area contributed by atoms with Crippen LogP contribution in [0.25, 0.3) is 10.9 Å². The van der Waals surface area contributed by atoms with Gasteiger partial charge in [0, 0.05) is 30.1 Å². The number of carbonyl (C=O) groups excluding carboxylic acids is 4. The Labute approximate surface area is 149 Å². The van der Waals surface area contributed by atoms with Crippen LogP contribution in [0.2, 0.25) is 0 Å². The number of para-hydroxylation sites is 1.